The molecule has 1 N–H and O–H groups in total. The van der Waals surface area contributed by atoms with E-state index in [9.17, 15) is 8.60 Å². The normalized spacial score (nSPS) is 13.5. The third-order valence-corrected chi connectivity index (χ3v) is 5.29. The van der Waals surface area contributed by atoms with E-state index in [1.54, 1.807) is 25.2 Å². The zero-order chi connectivity index (χ0) is 18.2. The number of para-hydroxylation sites is 1. The van der Waals surface area contributed by atoms with Gasteiger partial charge in [0.15, 0.2) is 17.5 Å². The average molecular weight is 357 g/mol. The highest BCUT2D eigenvalue weighted by Crippen LogP contribution is 2.15. The van der Waals surface area contributed by atoms with Crippen LogP contribution < -0.4 is 10.1 Å². The number of rotatable bonds is 7. The maximum atomic E-state index is 13.5. The molecule has 0 aliphatic heterocycles. The summed E-state index contributed by atoms with van der Waals surface area (Å²) in [6, 6.07) is 6.33. The summed E-state index contributed by atoms with van der Waals surface area (Å²) in [5.41, 5.74) is 0. The molecular weight excluding hydrogens is 329 g/mol. The zero-order valence-electron chi connectivity index (χ0n) is 15.1. The predicted molar refractivity (Wildman–Crippen MR) is 98.6 cm³/mol. The van der Waals surface area contributed by atoms with Gasteiger partial charge in [0.05, 0.1) is 6.54 Å². The summed E-state index contributed by atoms with van der Waals surface area (Å²) in [6.45, 7) is 7.36. The number of guanidine groups is 1. The first-order valence-corrected chi connectivity index (χ1v) is 9.25. The Labute approximate surface area is 146 Å². The van der Waals surface area contributed by atoms with Crippen molar-refractivity contribution in [2.24, 2.45) is 4.99 Å². The van der Waals surface area contributed by atoms with E-state index in [0.717, 1.165) is 0 Å². The average Bonchev–Trinajstić information content (AvgIpc) is 2.52. The minimum atomic E-state index is -0.904. The lowest BCUT2D eigenvalue weighted by atomic mass is 10.3. The van der Waals surface area contributed by atoms with Crippen molar-refractivity contribution in [2.75, 3.05) is 39.5 Å². The lowest BCUT2D eigenvalue weighted by Crippen LogP contribution is -2.43. The molecule has 7 heteroatoms. The highest BCUT2D eigenvalue weighted by atomic mass is 32.2. The number of hydrogen-bond donors (Lipinski definition) is 1. The standard InChI is InChI=1S/C17H28FN3O2S/c1-17(2,3)24(22)13-10-20-16(19-4)21(5)11-12-23-15-9-7-6-8-14(15)18/h6-9H,10-13H2,1-5H3,(H,19,20). The number of aliphatic imine (C=N–C) groups is 1. The Hall–Kier alpha value is -1.63. The van der Waals surface area contributed by atoms with Gasteiger partial charge in [-0.1, -0.05) is 12.1 Å². The quantitative estimate of drug-likeness (QED) is 0.601. The molecule has 0 radical (unpaired) electrons. The molecule has 1 unspecified atom stereocenters. The van der Waals surface area contributed by atoms with Gasteiger partial charge in [0.2, 0.25) is 0 Å². The van der Waals surface area contributed by atoms with Crippen molar-refractivity contribution >= 4 is 16.8 Å². The van der Waals surface area contributed by atoms with Crippen molar-refractivity contribution in [3.63, 3.8) is 0 Å². The Bertz CT molecular complexity index is 573. The lowest BCUT2D eigenvalue weighted by Gasteiger charge is -2.23. The molecule has 5 nitrogen and oxygen atoms in total. The van der Waals surface area contributed by atoms with Gasteiger partial charge in [-0.05, 0) is 32.9 Å². The van der Waals surface area contributed by atoms with Gasteiger partial charge in [-0.25, -0.2) is 4.39 Å². The van der Waals surface area contributed by atoms with Gasteiger partial charge in [0.1, 0.15) is 6.61 Å². The monoisotopic (exact) mass is 357 g/mol. The summed E-state index contributed by atoms with van der Waals surface area (Å²) in [5.74, 6) is 1.13. The van der Waals surface area contributed by atoms with E-state index in [2.05, 4.69) is 10.3 Å². The number of likely N-dealkylation sites (N-methyl/N-ethyl adjacent to an activating group) is 1. The van der Waals surface area contributed by atoms with E-state index in [-0.39, 0.29) is 16.3 Å². The molecule has 1 aromatic rings. The van der Waals surface area contributed by atoms with Crippen LogP contribution in [0.4, 0.5) is 4.39 Å². The summed E-state index contributed by atoms with van der Waals surface area (Å²) in [5, 5.41) is 3.19. The van der Waals surface area contributed by atoms with Crippen LogP contribution in [0.2, 0.25) is 0 Å². The molecule has 1 atom stereocenters. The summed E-state index contributed by atoms with van der Waals surface area (Å²) in [7, 11) is 2.66. The van der Waals surface area contributed by atoms with Crippen molar-refractivity contribution in [1.82, 2.24) is 10.2 Å². The van der Waals surface area contributed by atoms with Gasteiger partial charge < -0.3 is 15.0 Å². The van der Waals surface area contributed by atoms with Crippen molar-refractivity contribution in [2.45, 2.75) is 25.5 Å². The largest absolute Gasteiger partial charge is 0.489 e. The minimum absolute atomic E-state index is 0.218. The Kier molecular flexibility index (Phi) is 8.18. The Morgan fingerprint density at radius 3 is 2.62 bits per heavy atom. The van der Waals surface area contributed by atoms with Gasteiger partial charge in [0, 0.05) is 41.9 Å². The predicted octanol–water partition coefficient (Wildman–Crippen LogP) is 2.26. The van der Waals surface area contributed by atoms with E-state index < -0.39 is 10.8 Å². The fraction of sp³-hybridized carbons (Fsp3) is 0.588. The van der Waals surface area contributed by atoms with Crippen LogP contribution in [0.5, 0.6) is 5.75 Å². The smallest absolute Gasteiger partial charge is 0.193 e. The van der Waals surface area contributed by atoms with Gasteiger partial charge >= 0.3 is 0 Å². The van der Waals surface area contributed by atoms with E-state index in [4.69, 9.17) is 4.74 Å². The van der Waals surface area contributed by atoms with Crippen LogP contribution in [-0.4, -0.2) is 59.4 Å². The molecule has 0 bridgehead atoms. The number of nitrogens with zero attached hydrogens (tertiary/aromatic N) is 2. The first kappa shape index (κ1) is 20.4. The zero-order valence-corrected chi connectivity index (χ0v) is 16.0. The molecule has 0 aliphatic carbocycles. The van der Waals surface area contributed by atoms with Gasteiger partial charge in [-0.15, -0.1) is 0 Å². The van der Waals surface area contributed by atoms with Gasteiger partial charge in [-0.2, -0.15) is 0 Å². The van der Waals surface area contributed by atoms with Gasteiger partial charge in [0.25, 0.3) is 0 Å². The maximum absolute atomic E-state index is 13.5. The van der Waals surface area contributed by atoms with Crippen molar-refractivity contribution in [3.05, 3.63) is 30.1 Å². The molecule has 0 aliphatic rings. The number of halogens is 1. The Morgan fingerprint density at radius 1 is 1.38 bits per heavy atom. The molecule has 0 amide bonds. The first-order valence-electron chi connectivity index (χ1n) is 7.93. The molecular formula is C17H28FN3O2S. The highest BCUT2D eigenvalue weighted by molar-refractivity contribution is 7.86. The molecule has 0 fully saturated rings. The SMILES string of the molecule is CN=C(NCCS(=O)C(C)(C)C)N(C)CCOc1ccccc1F. The summed E-state index contributed by atoms with van der Waals surface area (Å²) in [4.78, 5) is 6.08. The van der Waals surface area contributed by atoms with Crippen LogP contribution in [0.15, 0.2) is 29.3 Å². The molecule has 0 spiro atoms. The fourth-order valence-corrected chi connectivity index (χ4v) is 2.81. The maximum Gasteiger partial charge on any atom is 0.193 e. The molecule has 136 valence electrons. The van der Waals surface area contributed by atoms with Crippen LogP contribution in [0.1, 0.15) is 20.8 Å². The summed E-state index contributed by atoms with van der Waals surface area (Å²) >= 11 is 0. The number of nitrogens with one attached hydrogen (secondary N) is 1. The molecule has 24 heavy (non-hydrogen) atoms. The summed E-state index contributed by atoms with van der Waals surface area (Å²) in [6.07, 6.45) is 0. The number of ether oxygens (including phenoxy) is 1. The lowest BCUT2D eigenvalue weighted by molar-refractivity contribution is 0.270. The molecule has 1 aromatic carbocycles. The molecule has 0 aromatic heterocycles. The topological polar surface area (TPSA) is 53.9 Å². The molecule has 1 rings (SSSR count). The molecule has 0 saturated carbocycles. The van der Waals surface area contributed by atoms with E-state index in [1.807, 2.05) is 32.7 Å². The Morgan fingerprint density at radius 2 is 2.04 bits per heavy atom. The number of benzene rings is 1. The third kappa shape index (κ3) is 6.86. The third-order valence-electron chi connectivity index (χ3n) is 3.35. The number of hydrogen-bond acceptors (Lipinski definition) is 3. The second-order valence-corrected chi connectivity index (χ2v) is 8.66. The van der Waals surface area contributed by atoms with Crippen LogP contribution >= 0.6 is 0 Å². The molecule has 0 heterocycles. The van der Waals surface area contributed by atoms with Crippen LogP contribution in [0.3, 0.4) is 0 Å². The van der Waals surface area contributed by atoms with Crippen molar-refractivity contribution < 1.29 is 13.3 Å². The second-order valence-electron chi connectivity index (χ2n) is 6.34. The van der Waals surface area contributed by atoms with Crippen LogP contribution in [-0.2, 0) is 10.8 Å². The molecule has 0 saturated heterocycles. The van der Waals surface area contributed by atoms with E-state index in [1.165, 1.54) is 6.07 Å². The minimum Gasteiger partial charge on any atom is -0.489 e. The summed E-state index contributed by atoms with van der Waals surface area (Å²) < 4.78 is 30.7. The second kappa shape index (κ2) is 9.61. The highest BCUT2D eigenvalue weighted by Gasteiger charge is 2.19. The first-order chi connectivity index (χ1) is 11.3. The Balaban J connectivity index is 2.37. The van der Waals surface area contributed by atoms with Crippen molar-refractivity contribution in [3.8, 4) is 5.75 Å². The fourth-order valence-electron chi connectivity index (χ4n) is 1.91. The van der Waals surface area contributed by atoms with Gasteiger partial charge in [-0.3, -0.25) is 9.20 Å². The van der Waals surface area contributed by atoms with E-state index in [0.29, 0.717) is 31.4 Å². The van der Waals surface area contributed by atoms with Crippen LogP contribution in [0.25, 0.3) is 0 Å². The van der Waals surface area contributed by atoms with Crippen molar-refractivity contribution in [1.29, 1.82) is 0 Å². The van der Waals surface area contributed by atoms with E-state index >= 15 is 0 Å². The van der Waals surface area contributed by atoms with Crippen LogP contribution in [0, 0.1) is 5.82 Å².